The van der Waals surface area contributed by atoms with Crippen LogP contribution in [0.15, 0.2) is 42.7 Å². The summed E-state index contributed by atoms with van der Waals surface area (Å²) in [6.07, 6.45) is 5.68. The van der Waals surface area contributed by atoms with Crippen molar-refractivity contribution in [3.05, 3.63) is 58.9 Å². The molecule has 0 radical (unpaired) electrons. The highest BCUT2D eigenvalue weighted by atomic mass is 35.5. The molecule has 2 atom stereocenters. The van der Waals surface area contributed by atoms with E-state index in [0.717, 1.165) is 36.3 Å². The number of nitrogens with zero attached hydrogens (tertiary/aromatic N) is 2. The van der Waals surface area contributed by atoms with Crippen molar-refractivity contribution in [3.8, 4) is 5.75 Å². The summed E-state index contributed by atoms with van der Waals surface area (Å²) in [5, 5.41) is 0.659. The van der Waals surface area contributed by atoms with Gasteiger partial charge in [-0.1, -0.05) is 17.7 Å². The van der Waals surface area contributed by atoms with Crippen LogP contribution in [0.2, 0.25) is 5.02 Å². The molecule has 26 heavy (non-hydrogen) atoms. The minimum Gasteiger partial charge on any atom is -0.480 e. The van der Waals surface area contributed by atoms with Crippen molar-refractivity contribution < 1.29 is 14.3 Å². The van der Waals surface area contributed by atoms with Gasteiger partial charge < -0.3 is 14.4 Å². The Labute approximate surface area is 157 Å². The van der Waals surface area contributed by atoms with Gasteiger partial charge in [-0.25, -0.2) is 0 Å². The van der Waals surface area contributed by atoms with E-state index in [2.05, 4.69) is 4.98 Å². The van der Waals surface area contributed by atoms with E-state index in [0.29, 0.717) is 24.5 Å². The van der Waals surface area contributed by atoms with Gasteiger partial charge in [0.2, 0.25) is 0 Å². The van der Waals surface area contributed by atoms with Crippen LogP contribution in [0, 0.1) is 0 Å². The van der Waals surface area contributed by atoms with E-state index in [1.165, 1.54) is 0 Å². The summed E-state index contributed by atoms with van der Waals surface area (Å²) in [5.41, 5.74) is 1.98. The van der Waals surface area contributed by atoms with E-state index in [9.17, 15) is 4.79 Å². The number of rotatable bonds is 5. The number of amides is 1. The zero-order valence-corrected chi connectivity index (χ0v) is 15.2. The number of hydrogen-bond acceptors (Lipinski definition) is 4. The van der Waals surface area contributed by atoms with E-state index in [1.54, 1.807) is 18.5 Å². The van der Waals surface area contributed by atoms with Gasteiger partial charge in [-0.3, -0.25) is 9.78 Å². The van der Waals surface area contributed by atoms with Crippen LogP contribution in [0.1, 0.15) is 24.0 Å². The molecule has 2 aliphatic rings. The molecule has 1 saturated heterocycles. The third-order valence-electron chi connectivity index (χ3n) is 4.83. The van der Waals surface area contributed by atoms with Crippen molar-refractivity contribution in [1.82, 2.24) is 9.88 Å². The molecule has 0 unspecified atom stereocenters. The summed E-state index contributed by atoms with van der Waals surface area (Å²) >= 11 is 6.06. The Morgan fingerprint density at radius 1 is 1.35 bits per heavy atom. The molecule has 0 bridgehead atoms. The van der Waals surface area contributed by atoms with E-state index < -0.39 is 6.10 Å². The molecule has 136 valence electrons. The number of halogens is 1. The molecule has 5 nitrogen and oxygen atoms in total. The minimum absolute atomic E-state index is 0.0170. The van der Waals surface area contributed by atoms with Gasteiger partial charge >= 0.3 is 0 Å². The van der Waals surface area contributed by atoms with Crippen molar-refractivity contribution in [3.63, 3.8) is 0 Å². The van der Waals surface area contributed by atoms with Gasteiger partial charge in [-0.2, -0.15) is 0 Å². The normalized spacial score (nSPS) is 21.3. The topological polar surface area (TPSA) is 51.7 Å². The Morgan fingerprint density at radius 2 is 2.27 bits per heavy atom. The Hall–Kier alpha value is -2.11. The number of carbonyl (C=O) groups excluding carboxylic acids is 1. The van der Waals surface area contributed by atoms with Crippen LogP contribution in [0.4, 0.5) is 0 Å². The second-order valence-corrected chi connectivity index (χ2v) is 7.21. The van der Waals surface area contributed by atoms with Crippen LogP contribution in [-0.4, -0.2) is 41.2 Å². The largest absolute Gasteiger partial charge is 0.480 e. The molecule has 0 aliphatic carbocycles. The van der Waals surface area contributed by atoms with Crippen molar-refractivity contribution in [2.24, 2.45) is 0 Å². The molecule has 6 heteroatoms. The standard InChI is InChI=1S/C20H21ClN2O3/c21-16-5-6-18-15(9-16)10-19(26-18)20(24)23(13-17-4-2-8-25-17)12-14-3-1-7-22-11-14/h1,3,5-7,9,11,17,19H,2,4,8,10,12-13H2/t17-,19-/m1/s1. The number of ether oxygens (including phenoxy) is 2. The zero-order valence-electron chi connectivity index (χ0n) is 14.4. The maximum atomic E-state index is 13.2. The fraction of sp³-hybridized carbons (Fsp3) is 0.400. The van der Waals surface area contributed by atoms with Gasteiger partial charge in [-0.15, -0.1) is 0 Å². The number of hydrogen-bond donors (Lipinski definition) is 0. The quantitative estimate of drug-likeness (QED) is 0.808. The van der Waals surface area contributed by atoms with Gasteiger partial charge in [0, 0.05) is 43.5 Å². The predicted octanol–water partition coefficient (Wildman–Crippen LogP) is 3.25. The van der Waals surface area contributed by atoms with E-state index in [4.69, 9.17) is 21.1 Å². The first kappa shape index (κ1) is 17.3. The van der Waals surface area contributed by atoms with Gasteiger partial charge in [-0.05, 0) is 48.2 Å². The SMILES string of the molecule is O=C([C@H]1Cc2cc(Cl)ccc2O1)N(Cc1cccnc1)C[C@H]1CCCO1. The molecule has 3 heterocycles. The Bertz CT molecular complexity index is 778. The summed E-state index contributed by atoms with van der Waals surface area (Å²) in [5.74, 6) is 0.725. The first-order chi connectivity index (χ1) is 12.7. The lowest BCUT2D eigenvalue weighted by Crippen LogP contribution is -2.44. The highest BCUT2D eigenvalue weighted by molar-refractivity contribution is 6.30. The first-order valence-electron chi connectivity index (χ1n) is 8.93. The summed E-state index contributed by atoms with van der Waals surface area (Å²) in [4.78, 5) is 19.2. The summed E-state index contributed by atoms with van der Waals surface area (Å²) in [7, 11) is 0. The average molecular weight is 373 g/mol. The second-order valence-electron chi connectivity index (χ2n) is 6.78. The fourth-order valence-electron chi connectivity index (χ4n) is 3.54. The van der Waals surface area contributed by atoms with Crippen LogP contribution in [0.3, 0.4) is 0 Å². The lowest BCUT2D eigenvalue weighted by molar-refractivity contribution is -0.140. The summed E-state index contributed by atoms with van der Waals surface area (Å²) < 4.78 is 11.6. The monoisotopic (exact) mass is 372 g/mol. The van der Waals surface area contributed by atoms with Crippen molar-refractivity contribution in [1.29, 1.82) is 0 Å². The van der Waals surface area contributed by atoms with E-state index >= 15 is 0 Å². The van der Waals surface area contributed by atoms with Gasteiger partial charge in [0.15, 0.2) is 6.10 Å². The molecular formula is C20H21ClN2O3. The molecule has 1 aromatic carbocycles. The van der Waals surface area contributed by atoms with Crippen LogP contribution >= 0.6 is 11.6 Å². The highest BCUT2D eigenvalue weighted by Gasteiger charge is 2.34. The predicted molar refractivity (Wildman–Crippen MR) is 98.2 cm³/mol. The lowest BCUT2D eigenvalue weighted by atomic mass is 10.1. The van der Waals surface area contributed by atoms with Crippen LogP contribution in [0.25, 0.3) is 0 Å². The first-order valence-corrected chi connectivity index (χ1v) is 9.31. The van der Waals surface area contributed by atoms with E-state index in [1.807, 2.05) is 29.2 Å². The maximum absolute atomic E-state index is 13.2. The Kier molecular flexibility index (Phi) is 5.09. The number of fused-ring (bicyclic) bond motifs is 1. The summed E-state index contributed by atoms with van der Waals surface area (Å²) in [6, 6.07) is 9.35. The number of pyridine rings is 1. The molecule has 0 saturated carbocycles. The van der Waals surface area contributed by atoms with Gasteiger partial charge in [0.05, 0.1) is 6.10 Å². The second kappa shape index (κ2) is 7.64. The average Bonchev–Trinajstić information content (AvgIpc) is 3.30. The van der Waals surface area contributed by atoms with Crippen LogP contribution < -0.4 is 4.74 Å². The molecule has 1 fully saturated rings. The molecule has 1 amide bonds. The molecule has 0 N–H and O–H groups in total. The third kappa shape index (κ3) is 3.84. The Morgan fingerprint density at radius 3 is 3.04 bits per heavy atom. The van der Waals surface area contributed by atoms with Crippen molar-refractivity contribution in [2.75, 3.05) is 13.2 Å². The Balaban J connectivity index is 1.50. The fourth-order valence-corrected chi connectivity index (χ4v) is 3.73. The minimum atomic E-state index is -0.512. The molecule has 2 aromatic rings. The highest BCUT2D eigenvalue weighted by Crippen LogP contribution is 2.32. The molecule has 4 rings (SSSR count). The lowest BCUT2D eigenvalue weighted by Gasteiger charge is -2.27. The van der Waals surface area contributed by atoms with Crippen LogP contribution in [0.5, 0.6) is 5.75 Å². The molecule has 2 aliphatic heterocycles. The number of benzene rings is 1. The van der Waals surface area contributed by atoms with Crippen LogP contribution in [-0.2, 0) is 22.5 Å². The molecule has 1 aromatic heterocycles. The zero-order chi connectivity index (χ0) is 17.9. The maximum Gasteiger partial charge on any atom is 0.264 e. The smallest absolute Gasteiger partial charge is 0.264 e. The van der Waals surface area contributed by atoms with Gasteiger partial charge in [0.25, 0.3) is 5.91 Å². The number of carbonyl (C=O) groups is 1. The van der Waals surface area contributed by atoms with Crippen molar-refractivity contribution in [2.45, 2.75) is 38.0 Å². The molecular weight excluding hydrogens is 352 g/mol. The van der Waals surface area contributed by atoms with E-state index in [-0.39, 0.29) is 12.0 Å². The number of aromatic nitrogens is 1. The van der Waals surface area contributed by atoms with Crippen molar-refractivity contribution >= 4 is 17.5 Å². The summed E-state index contributed by atoms with van der Waals surface area (Å²) in [6.45, 7) is 1.84. The molecule has 0 spiro atoms. The van der Waals surface area contributed by atoms with Gasteiger partial charge in [0.1, 0.15) is 5.75 Å². The third-order valence-corrected chi connectivity index (χ3v) is 5.06.